The number of primary amides is 1. The Morgan fingerprint density at radius 2 is 1.53 bits per heavy atom. The number of aromatic nitrogens is 1. The van der Waals surface area contributed by atoms with Crippen LogP contribution in [0.1, 0.15) is 16.7 Å². The quantitative estimate of drug-likeness (QED) is 0.324. The van der Waals surface area contributed by atoms with Crippen molar-refractivity contribution in [1.29, 1.82) is 0 Å². The van der Waals surface area contributed by atoms with E-state index >= 15 is 0 Å². The number of benzene rings is 3. The minimum absolute atomic E-state index is 0.126. The molecule has 0 radical (unpaired) electrons. The molecule has 1 aromatic heterocycles. The standard InChI is InChI=1S/C28H30N4O2/c29-28(34)26(17-23-19-31-25-14-8-7-13-24(23)25)32(16-15-21-9-3-1-4-10-21)27(33)20-30-18-22-11-5-2-6-12-22/h1-14,19,26,30-31H,15-18,20H2,(H2,29,34). The van der Waals surface area contributed by atoms with Gasteiger partial charge in [0.15, 0.2) is 0 Å². The number of carbonyl (C=O) groups excluding carboxylic acids is 2. The Balaban J connectivity index is 1.52. The van der Waals surface area contributed by atoms with Gasteiger partial charge in [0.1, 0.15) is 6.04 Å². The van der Waals surface area contributed by atoms with Gasteiger partial charge in [-0.2, -0.15) is 0 Å². The highest BCUT2D eigenvalue weighted by Gasteiger charge is 2.29. The smallest absolute Gasteiger partial charge is 0.240 e. The minimum atomic E-state index is -0.742. The van der Waals surface area contributed by atoms with Crippen LogP contribution in [-0.4, -0.2) is 40.8 Å². The van der Waals surface area contributed by atoms with Crippen LogP contribution in [0.15, 0.2) is 91.1 Å². The fraction of sp³-hybridized carbons (Fsp3) is 0.214. The lowest BCUT2D eigenvalue weighted by atomic mass is 10.0. The van der Waals surface area contributed by atoms with Gasteiger partial charge in [0.2, 0.25) is 11.8 Å². The number of fused-ring (bicyclic) bond motifs is 1. The Morgan fingerprint density at radius 3 is 2.24 bits per heavy atom. The Morgan fingerprint density at radius 1 is 0.882 bits per heavy atom. The number of aromatic amines is 1. The maximum atomic E-state index is 13.3. The molecule has 0 fully saturated rings. The van der Waals surface area contributed by atoms with Gasteiger partial charge in [-0.3, -0.25) is 9.59 Å². The van der Waals surface area contributed by atoms with E-state index in [2.05, 4.69) is 10.3 Å². The molecule has 1 heterocycles. The number of hydrogen-bond acceptors (Lipinski definition) is 3. The number of nitrogens with two attached hydrogens (primary N) is 1. The van der Waals surface area contributed by atoms with Crippen molar-refractivity contribution in [3.05, 3.63) is 108 Å². The average molecular weight is 455 g/mol. The summed E-state index contributed by atoms with van der Waals surface area (Å²) in [4.78, 5) is 30.8. The molecule has 1 atom stereocenters. The minimum Gasteiger partial charge on any atom is -0.368 e. The summed E-state index contributed by atoms with van der Waals surface area (Å²) in [6, 6.07) is 27.0. The Bertz CT molecular complexity index is 1220. The first-order valence-electron chi connectivity index (χ1n) is 11.5. The van der Waals surface area contributed by atoms with E-state index in [4.69, 9.17) is 5.73 Å². The lowest BCUT2D eigenvalue weighted by Crippen LogP contribution is -2.52. The zero-order chi connectivity index (χ0) is 23.8. The molecule has 2 amide bonds. The highest BCUT2D eigenvalue weighted by molar-refractivity contribution is 5.89. The van der Waals surface area contributed by atoms with Crippen LogP contribution in [0.25, 0.3) is 10.9 Å². The molecule has 4 aromatic rings. The van der Waals surface area contributed by atoms with Crippen LogP contribution in [-0.2, 0) is 29.0 Å². The van der Waals surface area contributed by atoms with Crippen molar-refractivity contribution in [3.63, 3.8) is 0 Å². The summed E-state index contributed by atoms with van der Waals surface area (Å²) in [7, 11) is 0. The number of carbonyl (C=O) groups is 2. The van der Waals surface area contributed by atoms with E-state index in [1.54, 1.807) is 4.90 Å². The molecule has 0 aliphatic heterocycles. The molecule has 1 unspecified atom stereocenters. The number of nitrogens with one attached hydrogen (secondary N) is 2. The lowest BCUT2D eigenvalue weighted by molar-refractivity contribution is -0.138. The second kappa shape index (κ2) is 11.3. The van der Waals surface area contributed by atoms with Crippen LogP contribution < -0.4 is 11.1 Å². The SMILES string of the molecule is NC(=O)C(Cc1c[nH]c2ccccc12)N(CCc1ccccc1)C(=O)CNCc1ccccc1. The molecule has 0 saturated carbocycles. The third-order valence-corrected chi connectivity index (χ3v) is 6.05. The highest BCUT2D eigenvalue weighted by atomic mass is 16.2. The monoisotopic (exact) mass is 454 g/mol. The van der Waals surface area contributed by atoms with Crippen molar-refractivity contribution in [2.75, 3.05) is 13.1 Å². The molecule has 4 rings (SSSR count). The lowest BCUT2D eigenvalue weighted by Gasteiger charge is -2.30. The summed E-state index contributed by atoms with van der Waals surface area (Å²) in [5.41, 5.74) is 10.0. The third kappa shape index (κ3) is 5.91. The van der Waals surface area contributed by atoms with Crippen molar-refractivity contribution in [2.24, 2.45) is 5.73 Å². The number of para-hydroxylation sites is 1. The van der Waals surface area contributed by atoms with Gasteiger partial charge in [0.05, 0.1) is 6.54 Å². The molecule has 6 nitrogen and oxygen atoms in total. The first-order chi connectivity index (χ1) is 16.6. The molecule has 0 aliphatic carbocycles. The number of rotatable bonds is 11. The van der Waals surface area contributed by atoms with Crippen LogP contribution >= 0.6 is 0 Å². The highest BCUT2D eigenvalue weighted by Crippen LogP contribution is 2.21. The van der Waals surface area contributed by atoms with E-state index in [9.17, 15) is 9.59 Å². The molecule has 6 heteroatoms. The summed E-state index contributed by atoms with van der Waals surface area (Å²) in [6.07, 6.45) is 2.90. The van der Waals surface area contributed by atoms with E-state index in [1.807, 2.05) is 91.1 Å². The van der Waals surface area contributed by atoms with E-state index in [0.29, 0.717) is 25.9 Å². The van der Waals surface area contributed by atoms with Gasteiger partial charge in [-0.15, -0.1) is 0 Å². The molecule has 174 valence electrons. The molecule has 4 N–H and O–H groups in total. The topological polar surface area (TPSA) is 91.2 Å². The van der Waals surface area contributed by atoms with Crippen LogP contribution in [0.5, 0.6) is 0 Å². The summed E-state index contributed by atoms with van der Waals surface area (Å²) in [5.74, 6) is -0.648. The molecule has 0 aliphatic rings. The summed E-state index contributed by atoms with van der Waals surface area (Å²) < 4.78 is 0. The van der Waals surface area contributed by atoms with Gasteiger partial charge < -0.3 is 20.9 Å². The van der Waals surface area contributed by atoms with Crippen molar-refractivity contribution in [1.82, 2.24) is 15.2 Å². The summed E-state index contributed by atoms with van der Waals surface area (Å²) in [6.45, 7) is 1.11. The zero-order valence-corrected chi connectivity index (χ0v) is 19.1. The zero-order valence-electron chi connectivity index (χ0n) is 19.1. The van der Waals surface area contributed by atoms with Crippen LogP contribution in [0.4, 0.5) is 0 Å². The summed E-state index contributed by atoms with van der Waals surface area (Å²) in [5, 5.41) is 4.25. The van der Waals surface area contributed by atoms with Crippen molar-refractivity contribution in [2.45, 2.75) is 25.4 Å². The van der Waals surface area contributed by atoms with Gasteiger partial charge >= 0.3 is 0 Å². The van der Waals surface area contributed by atoms with E-state index < -0.39 is 11.9 Å². The fourth-order valence-electron chi connectivity index (χ4n) is 4.23. The van der Waals surface area contributed by atoms with Gasteiger partial charge in [-0.25, -0.2) is 0 Å². The second-order valence-electron chi connectivity index (χ2n) is 8.39. The van der Waals surface area contributed by atoms with Crippen molar-refractivity contribution < 1.29 is 9.59 Å². The maximum absolute atomic E-state index is 13.3. The molecule has 0 spiro atoms. The molecular weight excluding hydrogens is 424 g/mol. The first kappa shape index (κ1) is 23.3. The van der Waals surface area contributed by atoms with Crippen LogP contribution in [0.3, 0.4) is 0 Å². The van der Waals surface area contributed by atoms with E-state index in [1.165, 1.54) is 0 Å². The predicted molar refractivity (Wildman–Crippen MR) is 135 cm³/mol. The largest absolute Gasteiger partial charge is 0.368 e. The molecule has 34 heavy (non-hydrogen) atoms. The first-order valence-corrected chi connectivity index (χ1v) is 11.5. The van der Waals surface area contributed by atoms with Gasteiger partial charge in [0, 0.05) is 36.6 Å². The number of nitrogens with zero attached hydrogens (tertiary/aromatic N) is 1. The Kier molecular flexibility index (Phi) is 7.73. The number of amides is 2. The van der Waals surface area contributed by atoms with Gasteiger partial charge in [0.25, 0.3) is 0 Å². The van der Waals surface area contributed by atoms with E-state index in [-0.39, 0.29) is 12.5 Å². The number of H-pyrrole nitrogens is 1. The number of hydrogen-bond donors (Lipinski definition) is 3. The summed E-state index contributed by atoms with van der Waals surface area (Å²) >= 11 is 0. The second-order valence-corrected chi connectivity index (χ2v) is 8.39. The maximum Gasteiger partial charge on any atom is 0.240 e. The molecular formula is C28H30N4O2. The predicted octanol–water partition coefficient (Wildman–Crippen LogP) is 3.43. The normalized spacial score (nSPS) is 11.9. The molecule has 0 bridgehead atoms. The van der Waals surface area contributed by atoms with Crippen LogP contribution in [0, 0.1) is 0 Å². The molecule has 0 saturated heterocycles. The van der Waals surface area contributed by atoms with Crippen molar-refractivity contribution in [3.8, 4) is 0 Å². The van der Waals surface area contributed by atoms with Gasteiger partial charge in [-0.1, -0.05) is 78.9 Å². The third-order valence-electron chi connectivity index (χ3n) is 6.05. The Hall–Kier alpha value is -3.90. The average Bonchev–Trinajstić information content (AvgIpc) is 3.27. The van der Waals surface area contributed by atoms with E-state index in [0.717, 1.165) is 27.6 Å². The van der Waals surface area contributed by atoms with Crippen molar-refractivity contribution >= 4 is 22.7 Å². The Labute approximate surface area is 199 Å². The molecule has 3 aromatic carbocycles. The fourth-order valence-corrected chi connectivity index (χ4v) is 4.23. The van der Waals surface area contributed by atoms with Crippen LogP contribution in [0.2, 0.25) is 0 Å². The van der Waals surface area contributed by atoms with Gasteiger partial charge in [-0.05, 0) is 29.2 Å².